The van der Waals surface area contributed by atoms with Crippen LogP contribution in [0.25, 0.3) is 0 Å². The number of nitrogens with zero attached hydrogens (tertiary/aromatic N) is 2. The molecule has 0 atom stereocenters. The lowest BCUT2D eigenvalue weighted by Crippen LogP contribution is -2.49. The Morgan fingerprint density at radius 1 is 1.21 bits per heavy atom. The third-order valence-electron chi connectivity index (χ3n) is 5.81. The molecule has 1 amide bonds. The number of carbonyl (C=O) groups is 1. The molecular weight excluding hydrogens is 354 g/mol. The van der Waals surface area contributed by atoms with Gasteiger partial charge in [0, 0.05) is 32.2 Å². The molecule has 1 aromatic rings. The molecule has 2 heterocycles. The monoisotopic (exact) mass is 389 g/mol. The maximum absolute atomic E-state index is 11.1. The molecule has 3 rings (SSSR count). The van der Waals surface area contributed by atoms with Gasteiger partial charge in [0.05, 0.1) is 0 Å². The molecule has 1 saturated carbocycles. The Kier molecular flexibility index (Phi) is 7.77. The zero-order valence-electron chi connectivity index (χ0n) is 17.1. The van der Waals surface area contributed by atoms with Crippen LogP contribution in [0.2, 0.25) is 0 Å². The molecule has 2 fully saturated rings. The molecule has 7 heteroatoms. The summed E-state index contributed by atoms with van der Waals surface area (Å²) in [5.74, 6) is 1.96. The van der Waals surface area contributed by atoms with Gasteiger partial charge >= 0.3 is 0 Å². The molecule has 156 valence electrons. The van der Waals surface area contributed by atoms with Crippen LogP contribution in [-0.2, 0) is 6.54 Å². The van der Waals surface area contributed by atoms with Gasteiger partial charge in [-0.3, -0.25) is 4.79 Å². The second-order valence-corrected chi connectivity index (χ2v) is 8.05. The highest BCUT2D eigenvalue weighted by molar-refractivity contribution is 5.89. The first-order valence-electron chi connectivity index (χ1n) is 10.8. The first-order valence-corrected chi connectivity index (χ1v) is 10.8. The minimum Gasteiger partial charge on any atom is -0.454 e. The molecule has 1 aromatic heterocycles. The van der Waals surface area contributed by atoms with Crippen molar-refractivity contribution in [1.82, 2.24) is 15.5 Å². The van der Waals surface area contributed by atoms with E-state index in [9.17, 15) is 4.79 Å². The van der Waals surface area contributed by atoms with Crippen molar-refractivity contribution in [3.63, 3.8) is 0 Å². The lowest BCUT2D eigenvalue weighted by Gasteiger charge is -2.36. The molecule has 0 unspecified atom stereocenters. The molecule has 28 heavy (non-hydrogen) atoms. The van der Waals surface area contributed by atoms with E-state index in [0.29, 0.717) is 18.3 Å². The fraction of sp³-hybridized carbons (Fsp3) is 0.714. The largest absolute Gasteiger partial charge is 0.454 e. The van der Waals surface area contributed by atoms with Gasteiger partial charge in [0.15, 0.2) is 11.7 Å². The Labute approximate surface area is 168 Å². The molecule has 0 aromatic carbocycles. The zero-order valence-corrected chi connectivity index (χ0v) is 17.1. The quantitative estimate of drug-likeness (QED) is 0.492. The molecule has 2 aliphatic rings. The van der Waals surface area contributed by atoms with Crippen molar-refractivity contribution in [3.05, 3.63) is 23.7 Å². The molecule has 1 aliphatic carbocycles. The summed E-state index contributed by atoms with van der Waals surface area (Å²) in [7, 11) is 0. The highest BCUT2D eigenvalue weighted by Crippen LogP contribution is 2.25. The van der Waals surface area contributed by atoms with Gasteiger partial charge in [-0.2, -0.15) is 0 Å². The topological polar surface area (TPSA) is 95.9 Å². The van der Waals surface area contributed by atoms with Gasteiger partial charge in [-0.25, -0.2) is 4.99 Å². The van der Waals surface area contributed by atoms with Gasteiger partial charge in [0.25, 0.3) is 5.91 Å². The minimum atomic E-state index is -0.555. The van der Waals surface area contributed by atoms with E-state index in [2.05, 4.69) is 27.4 Å². The summed E-state index contributed by atoms with van der Waals surface area (Å²) in [6, 6.07) is 3.78. The van der Waals surface area contributed by atoms with E-state index in [1.165, 1.54) is 38.6 Å². The molecule has 7 nitrogen and oxygen atoms in total. The number of nitrogens with one attached hydrogen (secondary N) is 2. The second kappa shape index (κ2) is 10.5. The van der Waals surface area contributed by atoms with Crippen LogP contribution in [0.3, 0.4) is 0 Å². The Morgan fingerprint density at radius 3 is 2.61 bits per heavy atom. The van der Waals surface area contributed by atoms with Crippen LogP contribution >= 0.6 is 0 Å². The van der Waals surface area contributed by atoms with Crippen LogP contribution in [0.4, 0.5) is 0 Å². The molecule has 4 N–H and O–H groups in total. The Balaban J connectivity index is 1.45. The van der Waals surface area contributed by atoms with Gasteiger partial charge < -0.3 is 25.7 Å². The predicted octanol–water partition coefficient (Wildman–Crippen LogP) is 2.48. The maximum Gasteiger partial charge on any atom is 0.284 e. The first kappa shape index (κ1) is 20.7. The number of hydrogen-bond acceptors (Lipinski definition) is 4. The van der Waals surface area contributed by atoms with Gasteiger partial charge in [-0.05, 0) is 50.7 Å². The Morgan fingerprint density at radius 2 is 1.96 bits per heavy atom. The number of amides is 1. The van der Waals surface area contributed by atoms with E-state index < -0.39 is 5.91 Å². The van der Waals surface area contributed by atoms with Crippen LogP contribution in [-0.4, -0.2) is 49.0 Å². The number of likely N-dealkylation sites (tertiary alicyclic amines) is 1. The number of nitrogens with two attached hydrogens (primary N) is 1. The standard InChI is InChI=1S/C21H35N5O2/c1-2-23-21(24-14-18-8-9-19(28-18)20(22)27)25-17-10-12-26(13-11-17)15-16-6-4-3-5-7-16/h8-9,16-17H,2-7,10-15H2,1H3,(H2,22,27)(H2,23,24,25). The van der Waals surface area contributed by atoms with Crippen LogP contribution in [0, 0.1) is 5.92 Å². The van der Waals surface area contributed by atoms with Crippen molar-refractivity contribution < 1.29 is 9.21 Å². The SMILES string of the molecule is CCNC(=NCc1ccc(C(N)=O)o1)NC1CCN(CC2CCCCC2)CC1. The highest BCUT2D eigenvalue weighted by atomic mass is 16.3. The molecule has 0 bridgehead atoms. The highest BCUT2D eigenvalue weighted by Gasteiger charge is 2.23. The molecular formula is C21H35N5O2. The van der Waals surface area contributed by atoms with Crippen molar-refractivity contribution in [2.45, 2.75) is 64.5 Å². The number of primary amides is 1. The van der Waals surface area contributed by atoms with E-state index >= 15 is 0 Å². The number of furan rings is 1. The van der Waals surface area contributed by atoms with Crippen LogP contribution in [0.15, 0.2) is 21.5 Å². The third kappa shape index (κ3) is 6.26. The number of guanidine groups is 1. The average molecular weight is 390 g/mol. The van der Waals surface area contributed by atoms with Gasteiger partial charge in [-0.1, -0.05) is 19.3 Å². The molecule has 1 aliphatic heterocycles. The van der Waals surface area contributed by atoms with Gasteiger partial charge in [0.2, 0.25) is 0 Å². The minimum absolute atomic E-state index is 0.175. The summed E-state index contributed by atoms with van der Waals surface area (Å²) in [6.07, 6.45) is 9.38. The zero-order chi connectivity index (χ0) is 19.8. The average Bonchev–Trinajstić information content (AvgIpc) is 3.18. The number of hydrogen-bond donors (Lipinski definition) is 3. The summed E-state index contributed by atoms with van der Waals surface area (Å²) in [5.41, 5.74) is 5.23. The van der Waals surface area contributed by atoms with Crippen molar-refractivity contribution in [2.24, 2.45) is 16.6 Å². The van der Waals surface area contributed by atoms with Crippen LogP contribution < -0.4 is 16.4 Å². The molecule has 0 spiro atoms. The van der Waals surface area contributed by atoms with Crippen LogP contribution in [0.5, 0.6) is 0 Å². The summed E-state index contributed by atoms with van der Waals surface area (Å²) in [4.78, 5) is 18.4. The number of carbonyl (C=O) groups excluding carboxylic acids is 1. The fourth-order valence-corrected chi connectivity index (χ4v) is 4.26. The van der Waals surface area contributed by atoms with Gasteiger partial charge in [-0.15, -0.1) is 0 Å². The normalized spacial score (nSPS) is 20.2. The number of rotatable bonds is 7. The van der Waals surface area contributed by atoms with Crippen molar-refractivity contribution >= 4 is 11.9 Å². The summed E-state index contributed by atoms with van der Waals surface area (Å²) >= 11 is 0. The van der Waals surface area contributed by atoms with E-state index in [-0.39, 0.29) is 5.76 Å². The number of piperidine rings is 1. The maximum atomic E-state index is 11.1. The second-order valence-electron chi connectivity index (χ2n) is 8.05. The van der Waals surface area contributed by atoms with Crippen LogP contribution in [0.1, 0.15) is 68.2 Å². The smallest absolute Gasteiger partial charge is 0.284 e. The third-order valence-corrected chi connectivity index (χ3v) is 5.81. The van der Waals surface area contributed by atoms with E-state index in [0.717, 1.165) is 44.4 Å². The summed E-state index contributed by atoms with van der Waals surface area (Å²) in [6.45, 7) is 6.84. The first-order chi connectivity index (χ1) is 13.6. The van der Waals surface area contributed by atoms with E-state index in [1.807, 2.05) is 0 Å². The van der Waals surface area contributed by atoms with E-state index in [4.69, 9.17) is 10.2 Å². The Bertz CT molecular complexity index is 643. The Hall–Kier alpha value is -2.02. The predicted molar refractivity (Wildman–Crippen MR) is 111 cm³/mol. The van der Waals surface area contributed by atoms with E-state index in [1.54, 1.807) is 12.1 Å². The number of aliphatic imine (C=N–C) groups is 1. The fourth-order valence-electron chi connectivity index (χ4n) is 4.26. The lowest BCUT2D eigenvalue weighted by molar-refractivity contribution is 0.0972. The van der Waals surface area contributed by atoms with Gasteiger partial charge in [0.1, 0.15) is 12.3 Å². The molecule has 1 saturated heterocycles. The lowest BCUT2D eigenvalue weighted by atomic mass is 9.88. The van der Waals surface area contributed by atoms with Crippen molar-refractivity contribution in [1.29, 1.82) is 0 Å². The molecule has 0 radical (unpaired) electrons. The summed E-state index contributed by atoms with van der Waals surface area (Å²) < 4.78 is 5.41. The summed E-state index contributed by atoms with van der Waals surface area (Å²) in [5, 5.41) is 6.86. The van der Waals surface area contributed by atoms with Crippen molar-refractivity contribution in [2.75, 3.05) is 26.2 Å². The van der Waals surface area contributed by atoms with Crippen molar-refractivity contribution in [3.8, 4) is 0 Å².